The Labute approximate surface area is 131 Å². The van der Waals surface area contributed by atoms with Crippen LogP contribution in [0.25, 0.3) is 20.2 Å². The number of hydrogen-bond donors (Lipinski definition) is 1. The molecule has 1 unspecified atom stereocenters. The molecule has 4 aromatic rings. The van der Waals surface area contributed by atoms with Crippen LogP contribution >= 0.6 is 22.7 Å². The molecule has 2 aromatic heterocycles. The van der Waals surface area contributed by atoms with Crippen molar-refractivity contribution in [3.8, 4) is 0 Å². The van der Waals surface area contributed by atoms with Crippen molar-refractivity contribution >= 4 is 48.5 Å². The van der Waals surface area contributed by atoms with Gasteiger partial charge in [0.2, 0.25) is 0 Å². The average molecular weight is 309 g/mol. The second-order valence-corrected chi connectivity index (χ2v) is 7.29. The maximum atomic E-state index is 3.62. The average Bonchev–Trinajstić information content (AvgIpc) is 3.13. The van der Waals surface area contributed by atoms with E-state index in [1.807, 2.05) is 11.3 Å². The predicted octanol–water partition coefficient (Wildman–Crippen LogP) is 6.29. The van der Waals surface area contributed by atoms with Crippen LogP contribution < -0.4 is 5.32 Å². The van der Waals surface area contributed by atoms with E-state index >= 15 is 0 Å². The predicted molar refractivity (Wildman–Crippen MR) is 95.7 cm³/mol. The molecular weight excluding hydrogens is 294 g/mol. The summed E-state index contributed by atoms with van der Waals surface area (Å²) in [4.78, 5) is 1.38. The van der Waals surface area contributed by atoms with E-state index in [-0.39, 0.29) is 0 Å². The molecule has 21 heavy (non-hydrogen) atoms. The third kappa shape index (κ3) is 2.43. The molecule has 0 aliphatic carbocycles. The van der Waals surface area contributed by atoms with Gasteiger partial charge in [0.15, 0.2) is 0 Å². The molecule has 104 valence electrons. The van der Waals surface area contributed by atoms with Gasteiger partial charge in [-0.05, 0) is 59.5 Å². The number of anilines is 1. The van der Waals surface area contributed by atoms with E-state index in [0.717, 1.165) is 0 Å². The lowest BCUT2D eigenvalue weighted by Gasteiger charge is -2.13. The molecule has 1 atom stereocenters. The summed E-state index contributed by atoms with van der Waals surface area (Å²) >= 11 is 3.66. The number of benzene rings is 2. The number of hydrogen-bond acceptors (Lipinski definition) is 3. The fourth-order valence-electron chi connectivity index (χ4n) is 2.59. The summed E-state index contributed by atoms with van der Waals surface area (Å²) in [6, 6.07) is 20.0. The van der Waals surface area contributed by atoms with Crippen LogP contribution in [-0.2, 0) is 0 Å². The van der Waals surface area contributed by atoms with Crippen LogP contribution in [0.15, 0.2) is 60.0 Å². The molecule has 0 aliphatic rings. The summed E-state index contributed by atoms with van der Waals surface area (Å²) in [5.41, 5.74) is 1.19. The normalized spacial score (nSPS) is 12.8. The Kier molecular flexibility index (Phi) is 3.17. The largest absolute Gasteiger partial charge is 0.378 e. The molecule has 0 bridgehead atoms. The van der Waals surface area contributed by atoms with Crippen molar-refractivity contribution in [3.63, 3.8) is 0 Å². The minimum atomic E-state index is 0.318. The van der Waals surface area contributed by atoms with Gasteiger partial charge in [-0.25, -0.2) is 0 Å². The second kappa shape index (κ2) is 5.17. The maximum Gasteiger partial charge on any atom is 0.0578 e. The first kappa shape index (κ1) is 12.9. The first-order valence-electron chi connectivity index (χ1n) is 7.02. The Balaban J connectivity index is 1.63. The van der Waals surface area contributed by atoms with Crippen molar-refractivity contribution in [3.05, 3.63) is 64.9 Å². The molecule has 2 aromatic carbocycles. The highest BCUT2D eigenvalue weighted by atomic mass is 32.1. The maximum absolute atomic E-state index is 3.62. The zero-order valence-corrected chi connectivity index (χ0v) is 13.3. The van der Waals surface area contributed by atoms with Crippen LogP contribution in [0.3, 0.4) is 0 Å². The minimum Gasteiger partial charge on any atom is -0.378 e. The highest BCUT2D eigenvalue weighted by molar-refractivity contribution is 7.19. The number of rotatable bonds is 3. The molecule has 0 spiro atoms. The molecule has 0 radical (unpaired) electrons. The third-order valence-corrected chi connectivity index (χ3v) is 5.90. The highest BCUT2D eigenvalue weighted by Crippen LogP contribution is 2.32. The molecular formula is C18H15NS2. The minimum absolute atomic E-state index is 0.318. The molecule has 0 saturated heterocycles. The lowest BCUT2D eigenvalue weighted by Crippen LogP contribution is -2.04. The lowest BCUT2D eigenvalue weighted by molar-refractivity contribution is 0.909. The summed E-state index contributed by atoms with van der Waals surface area (Å²) in [5.74, 6) is 0. The first-order chi connectivity index (χ1) is 10.3. The zero-order valence-electron chi connectivity index (χ0n) is 11.7. The quantitative estimate of drug-likeness (QED) is 0.469. The van der Waals surface area contributed by atoms with Crippen molar-refractivity contribution in [2.24, 2.45) is 0 Å². The molecule has 0 amide bonds. The van der Waals surface area contributed by atoms with E-state index in [4.69, 9.17) is 0 Å². The summed E-state index contributed by atoms with van der Waals surface area (Å²) in [6.07, 6.45) is 0. The Hall–Kier alpha value is -1.84. The van der Waals surface area contributed by atoms with E-state index in [1.54, 1.807) is 11.3 Å². The van der Waals surface area contributed by atoms with Gasteiger partial charge in [0.1, 0.15) is 0 Å². The van der Waals surface area contributed by atoms with E-state index in [1.165, 1.54) is 30.7 Å². The standard InChI is InChI=1S/C18H15NS2/c1-12(18-11-13-4-2-3-5-17(13)21-18)19-15-6-7-16-14(10-15)8-9-20-16/h2-12,19H,1H3. The van der Waals surface area contributed by atoms with Gasteiger partial charge in [-0.3, -0.25) is 0 Å². The van der Waals surface area contributed by atoms with E-state index in [9.17, 15) is 0 Å². The topological polar surface area (TPSA) is 12.0 Å². The molecule has 1 N–H and O–H groups in total. The van der Waals surface area contributed by atoms with Gasteiger partial charge in [-0.1, -0.05) is 18.2 Å². The number of thiophene rings is 2. The fraction of sp³-hybridized carbons (Fsp3) is 0.111. The molecule has 1 nitrogen and oxygen atoms in total. The molecule has 4 rings (SSSR count). The second-order valence-electron chi connectivity index (χ2n) is 5.23. The smallest absolute Gasteiger partial charge is 0.0578 e. The Morgan fingerprint density at radius 1 is 0.905 bits per heavy atom. The van der Waals surface area contributed by atoms with Crippen molar-refractivity contribution in [2.75, 3.05) is 5.32 Å². The van der Waals surface area contributed by atoms with Crippen molar-refractivity contribution < 1.29 is 0 Å². The summed E-state index contributed by atoms with van der Waals surface area (Å²) in [6.45, 7) is 2.22. The van der Waals surface area contributed by atoms with E-state index in [2.05, 4.69) is 72.2 Å². The molecule has 0 fully saturated rings. The van der Waals surface area contributed by atoms with Gasteiger partial charge < -0.3 is 5.32 Å². The number of fused-ring (bicyclic) bond motifs is 2. The van der Waals surface area contributed by atoms with Crippen LogP contribution in [0.5, 0.6) is 0 Å². The Bertz CT molecular complexity index is 871. The molecule has 3 heteroatoms. The van der Waals surface area contributed by atoms with Crippen LogP contribution in [0, 0.1) is 0 Å². The van der Waals surface area contributed by atoms with Crippen molar-refractivity contribution in [1.82, 2.24) is 0 Å². The third-order valence-electron chi connectivity index (χ3n) is 3.71. The van der Waals surface area contributed by atoms with Crippen molar-refractivity contribution in [1.29, 1.82) is 0 Å². The van der Waals surface area contributed by atoms with E-state index < -0.39 is 0 Å². The van der Waals surface area contributed by atoms with Gasteiger partial charge in [0.25, 0.3) is 0 Å². The molecule has 0 saturated carbocycles. The van der Waals surface area contributed by atoms with Crippen LogP contribution in [0.1, 0.15) is 17.8 Å². The van der Waals surface area contributed by atoms with Gasteiger partial charge in [0, 0.05) is 20.0 Å². The van der Waals surface area contributed by atoms with Crippen LogP contribution in [-0.4, -0.2) is 0 Å². The zero-order chi connectivity index (χ0) is 14.2. The lowest BCUT2D eigenvalue weighted by atomic mass is 10.2. The Morgan fingerprint density at radius 2 is 1.76 bits per heavy atom. The van der Waals surface area contributed by atoms with Crippen LogP contribution in [0.2, 0.25) is 0 Å². The molecule has 0 aliphatic heterocycles. The van der Waals surface area contributed by atoms with Crippen LogP contribution in [0.4, 0.5) is 5.69 Å². The van der Waals surface area contributed by atoms with Gasteiger partial charge >= 0.3 is 0 Å². The SMILES string of the molecule is CC(Nc1ccc2sccc2c1)c1cc2ccccc2s1. The fourth-order valence-corrected chi connectivity index (χ4v) is 4.43. The number of nitrogens with one attached hydrogen (secondary N) is 1. The van der Waals surface area contributed by atoms with Gasteiger partial charge in [0.05, 0.1) is 6.04 Å². The summed E-state index contributed by atoms with van der Waals surface area (Å²) in [7, 11) is 0. The Morgan fingerprint density at radius 3 is 2.67 bits per heavy atom. The van der Waals surface area contributed by atoms with Crippen molar-refractivity contribution in [2.45, 2.75) is 13.0 Å². The molecule has 2 heterocycles. The monoisotopic (exact) mass is 309 g/mol. The van der Waals surface area contributed by atoms with Gasteiger partial charge in [-0.2, -0.15) is 0 Å². The summed E-state index contributed by atoms with van der Waals surface area (Å²) < 4.78 is 2.70. The highest BCUT2D eigenvalue weighted by Gasteiger charge is 2.09. The first-order valence-corrected chi connectivity index (χ1v) is 8.71. The van der Waals surface area contributed by atoms with E-state index in [0.29, 0.717) is 6.04 Å². The van der Waals surface area contributed by atoms with Gasteiger partial charge in [-0.15, -0.1) is 22.7 Å². The summed E-state index contributed by atoms with van der Waals surface area (Å²) in [5, 5.41) is 8.41.